The second-order valence-electron chi connectivity index (χ2n) is 6.93. The minimum Gasteiger partial charge on any atom is -0.143 e. The van der Waals surface area contributed by atoms with Crippen molar-refractivity contribution in [2.45, 2.75) is 33.1 Å². The van der Waals surface area contributed by atoms with Crippen LogP contribution >= 0.6 is 45.3 Å². The topological polar surface area (TPSA) is 0 Å². The number of allylic oxidation sites excluding steroid dienone is 2. The molecule has 0 radical (unpaired) electrons. The van der Waals surface area contributed by atoms with E-state index in [2.05, 4.69) is 61.0 Å². The van der Waals surface area contributed by atoms with Crippen molar-refractivity contribution < 1.29 is 0 Å². The molecule has 0 spiro atoms. The molecule has 27 heavy (non-hydrogen) atoms. The van der Waals surface area contributed by atoms with Crippen LogP contribution in [-0.2, 0) is 0 Å². The highest BCUT2D eigenvalue weighted by molar-refractivity contribution is 7.22. The summed E-state index contributed by atoms with van der Waals surface area (Å²) in [5.74, 6) is 0. The Bertz CT molecular complexity index is 1010. The SMILES string of the molecule is Cc1sc(-c2cccs2)cc1C1=C(c2cc(-c3cccs3)sc2C)CCC1. The van der Waals surface area contributed by atoms with Crippen LogP contribution in [0.2, 0.25) is 0 Å². The van der Waals surface area contributed by atoms with E-state index in [1.165, 1.54) is 59.7 Å². The van der Waals surface area contributed by atoms with Gasteiger partial charge in [0, 0.05) is 29.3 Å². The van der Waals surface area contributed by atoms with Crippen molar-refractivity contribution in [3.05, 3.63) is 68.0 Å². The number of hydrogen-bond donors (Lipinski definition) is 0. The van der Waals surface area contributed by atoms with Gasteiger partial charge in [-0.05, 0) is 90.4 Å². The van der Waals surface area contributed by atoms with Crippen molar-refractivity contribution in [2.75, 3.05) is 0 Å². The third-order valence-corrected chi connectivity index (χ3v) is 9.46. The zero-order valence-corrected chi connectivity index (χ0v) is 18.6. The smallest absolute Gasteiger partial charge is 0.0451 e. The van der Waals surface area contributed by atoms with Crippen molar-refractivity contribution in [3.63, 3.8) is 0 Å². The molecule has 136 valence electrons. The van der Waals surface area contributed by atoms with Gasteiger partial charge < -0.3 is 0 Å². The van der Waals surface area contributed by atoms with Crippen molar-refractivity contribution in [3.8, 4) is 19.5 Å². The second kappa shape index (κ2) is 7.17. The second-order valence-corrected chi connectivity index (χ2v) is 11.3. The van der Waals surface area contributed by atoms with Gasteiger partial charge >= 0.3 is 0 Å². The average molecular weight is 425 g/mol. The summed E-state index contributed by atoms with van der Waals surface area (Å²) >= 11 is 7.57. The van der Waals surface area contributed by atoms with Crippen LogP contribution < -0.4 is 0 Å². The molecule has 4 heteroatoms. The molecule has 0 aliphatic heterocycles. The number of thiophene rings is 4. The zero-order chi connectivity index (χ0) is 18.4. The van der Waals surface area contributed by atoms with E-state index in [0.29, 0.717) is 0 Å². The fraction of sp³-hybridized carbons (Fsp3) is 0.217. The van der Waals surface area contributed by atoms with Crippen LogP contribution in [0.4, 0.5) is 0 Å². The summed E-state index contributed by atoms with van der Waals surface area (Å²) in [7, 11) is 0. The zero-order valence-electron chi connectivity index (χ0n) is 15.4. The summed E-state index contributed by atoms with van der Waals surface area (Å²) in [5, 5.41) is 4.34. The minimum absolute atomic E-state index is 1.21. The Morgan fingerprint density at radius 3 is 1.56 bits per heavy atom. The molecule has 0 saturated carbocycles. The minimum atomic E-state index is 1.21. The van der Waals surface area contributed by atoms with E-state index in [1.54, 1.807) is 11.1 Å². The summed E-state index contributed by atoms with van der Waals surface area (Å²) in [6, 6.07) is 13.6. The molecule has 0 fully saturated rings. The lowest BCUT2D eigenvalue weighted by Gasteiger charge is -2.07. The van der Waals surface area contributed by atoms with Gasteiger partial charge in [-0.1, -0.05) is 12.1 Å². The Labute approximate surface area is 176 Å². The van der Waals surface area contributed by atoms with Crippen LogP contribution in [0.25, 0.3) is 30.7 Å². The van der Waals surface area contributed by atoms with E-state index in [9.17, 15) is 0 Å². The maximum atomic E-state index is 2.44. The van der Waals surface area contributed by atoms with Gasteiger partial charge in [0.2, 0.25) is 0 Å². The summed E-state index contributed by atoms with van der Waals surface area (Å²) in [4.78, 5) is 8.52. The largest absolute Gasteiger partial charge is 0.143 e. The first kappa shape index (κ1) is 17.6. The lowest BCUT2D eigenvalue weighted by molar-refractivity contribution is 0.941. The van der Waals surface area contributed by atoms with E-state index < -0.39 is 0 Å². The molecule has 0 bridgehead atoms. The van der Waals surface area contributed by atoms with Gasteiger partial charge in [0.05, 0.1) is 0 Å². The molecular weight excluding hydrogens is 405 g/mol. The van der Waals surface area contributed by atoms with Crippen molar-refractivity contribution in [2.24, 2.45) is 0 Å². The highest BCUT2D eigenvalue weighted by Crippen LogP contribution is 2.47. The number of aryl methyl sites for hydroxylation is 2. The van der Waals surface area contributed by atoms with Gasteiger partial charge in [0.25, 0.3) is 0 Å². The Balaban J connectivity index is 1.59. The van der Waals surface area contributed by atoms with Crippen LogP contribution in [0.5, 0.6) is 0 Å². The predicted molar refractivity (Wildman–Crippen MR) is 125 cm³/mol. The lowest BCUT2D eigenvalue weighted by Crippen LogP contribution is -1.86. The molecule has 5 rings (SSSR count). The quantitative estimate of drug-likeness (QED) is 0.306. The maximum Gasteiger partial charge on any atom is 0.0451 e. The normalized spacial score (nSPS) is 14.4. The van der Waals surface area contributed by atoms with Crippen LogP contribution in [0, 0.1) is 13.8 Å². The third kappa shape index (κ3) is 3.19. The molecule has 1 aliphatic rings. The first-order valence-corrected chi connectivity index (χ1v) is 12.6. The first-order chi connectivity index (χ1) is 13.2. The molecule has 1 aliphatic carbocycles. The standard InChI is InChI=1S/C23H20S4/c1-14-18(12-22(26-14)20-8-4-10-24-20)16-6-3-7-17(16)19-13-23(27-15(19)2)21-9-5-11-25-21/h4-5,8-13H,3,6-7H2,1-2H3. The Morgan fingerprint density at radius 2 is 1.15 bits per heavy atom. The molecule has 4 aromatic heterocycles. The lowest BCUT2D eigenvalue weighted by atomic mass is 9.97. The maximum absolute atomic E-state index is 2.44. The first-order valence-electron chi connectivity index (χ1n) is 9.22. The van der Waals surface area contributed by atoms with Crippen molar-refractivity contribution in [1.29, 1.82) is 0 Å². The molecule has 0 N–H and O–H groups in total. The fourth-order valence-corrected chi connectivity index (χ4v) is 7.73. The Hall–Kier alpha value is -1.46. The van der Waals surface area contributed by atoms with Crippen LogP contribution in [0.15, 0.2) is 47.2 Å². The van der Waals surface area contributed by atoms with Gasteiger partial charge in [-0.2, -0.15) is 0 Å². The highest BCUT2D eigenvalue weighted by atomic mass is 32.1. The van der Waals surface area contributed by atoms with E-state index in [0.717, 1.165) is 0 Å². The predicted octanol–water partition coefficient (Wildman–Crippen LogP) is 8.98. The molecular formula is C23H20S4. The van der Waals surface area contributed by atoms with E-state index in [-0.39, 0.29) is 0 Å². The molecule has 4 aromatic rings. The van der Waals surface area contributed by atoms with Gasteiger partial charge in [0.15, 0.2) is 0 Å². The van der Waals surface area contributed by atoms with Gasteiger partial charge in [0.1, 0.15) is 0 Å². The summed E-state index contributed by atoms with van der Waals surface area (Å²) < 4.78 is 0. The van der Waals surface area contributed by atoms with E-state index in [1.807, 2.05) is 45.3 Å². The summed E-state index contributed by atoms with van der Waals surface area (Å²) in [6.07, 6.45) is 3.69. The third-order valence-electron chi connectivity index (χ3n) is 5.23. The number of rotatable bonds is 4. The molecule has 4 heterocycles. The van der Waals surface area contributed by atoms with Crippen molar-refractivity contribution in [1.82, 2.24) is 0 Å². The van der Waals surface area contributed by atoms with Gasteiger partial charge in [-0.15, -0.1) is 45.3 Å². The van der Waals surface area contributed by atoms with Crippen LogP contribution in [0.3, 0.4) is 0 Å². The van der Waals surface area contributed by atoms with Crippen LogP contribution in [0.1, 0.15) is 40.1 Å². The molecule has 0 saturated heterocycles. The molecule has 0 amide bonds. The Morgan fingerprint density at radius 1 is 0.667 bits per heavy atom. The van der Waals surface area contributed by atoms with E-state index in [4.69, 9.17) is 0 Å². The number of hydrogen-bond acceptors (Lipinski definition) is 4. The molecule has 0 aromatic carbocycles. The molecule has 0 unspecified atom stereocenters. The average Bonchev–Trinajstić information content (AvgIpc) is 3.45. The summed E-state index contributed by atoms with van der Waals surface area (Å²) in [5.41, 5.74) is 6.15. The molecule has 0 atom stereocenters. The van der Waals surface area contributed by atoms with Gasteiger partial charge in [-0.3, -0.25) is 0 Å². The van der Waals surface area contributed by atoms with Crippen molar-refractivity contribution >= 4 is 56.5 Å². The van der Waals surface area contributed by atoms with Crippen LogP contribution in [-0.4, -0.2) is 0 Å². The van der Waals surface area contributed by atoms with E-state index >= 15 is 0 Å². The molecule has 0 nitrogen and oxygen atoms in total. The summed E-state index contributed by atoms with van der Waals surface area (Å²) in [6.45, 7) is 4.58. The monoisotopic (exact) mass is 424 g/mol. The fourth-order valence-electron chi connectivity index (χ4n) is 3.98. The Kier molecular flexibility index (Phi) is 4.68. The highest BCUT2D eigenvalue weighted by Gasteiger charge is 2.23. The van der Waals surface area contributed by atoms with Gasteiger partial charge in [-0.25, -0.2) is 0 Å².